The summed E-state index contributed by atoms with van der Waals surface area (Å²) in [6, 6.07) is 4.14. The zero-order valence-electron chi connectivity index (χ0n) is 10.7. The standard InChI is InChI=1S/C15H23NO/c1-2-3-4-5-8-14(17)13-10-9-12-7-6-11-16-15(12)13/h6-7,11,13-14,17H,2-5,8-10H2,1H3. The van der Waals surface area contributed by atoms with Crippen LogP contribution in [-0.4, -0.2) is 16.2 Å². The molecule has 2 nitrogen and oxygen atoms in total. The van der Waals surface area contributed by atoms with Crippen LogP contribution in [0.25, 0.3) is 0 Å². The normalized spacial score (nSPS) is 20.2. The molecule has 2 unspecified atom stereocenters. The van der Waals surface area contributed by atoms with Gasteiger partial charge in [0.25, 0.3) is 0 Å². The number of nitrogens with zero attached hydrogens (tertiary/aromatic N) is 1. The third kappa shape index (κ3) is 3.06. The molecule has 1 aliphatic rings. The van der Waals surface area contributed by atoms with E-state index in [1.807, 2.05) is 12.3 Å². The molecule has 1 aliphatic carbocycles. The Hall–Kier alpha value is -0.890. The third-order valence-electron chi connectivity index (χ3n) is 3.82. The molecule has 1 N–H and O–H groups in total. The minimum atomic E-state index is -0.192. The highest BCUT2D eigenvalue weighted by Crippen LogP contribution is 2.35. The summed E-state index contributed by atoms with van der Waals surface area (Å²) in [5.41, 5.74) is 2.49. The van der Waals surface area contributed by atoms with Gasteiger partial charge in [-0.3, -0.25) is 4.98 Å². The van der Waals surface area contributed by atoms with E-state index in [1.54, 1.807) is 0 Å². The van der Waals surface area contributed by atoms with Crippen molar-refractivity contribution in [3.05, 3.63) is 29.6 Å². The Morgan fingerprint density at radius 3 is 3.12 bits per heavy atom. The summed E-state index contributed by atoms with van der Waals surface area (Å²) in [4.78, 5) is 4.45. The van der Waals surface area contributed by atoms with E-state index in [-0.39, 0.29) is 12.0 Å². The van der Waals surface area contributed by atoms with Crippen LogP contribution in [0.4, 0.5) is 0 Å². The summed E-state index contributed by atoms with van der Waals surface area (Å²) < 4.78 is 0. The Labute approximate surface area is 104 Å². The van der Waals surface area contributed by atoms with Crippen molar-refractivity contribution in [3.63, 3.8) is 0 Å². The van der Waals surface area contributed by atoms with E-state index in [0.29, 0.717) is 0 Å². The molecule has 1 aromatic heterocycles. The maximum absolute atomic E-state index is 10.3. The number of hydrogen-bond donors (Lipinski definition) is 1. The number of hydrogen-bond acceptors (Lipinski definition) is 2. The molecule has 1 heterocycles. The zero-order chi connectivity index (χ0) is 12.1. The molecule has 0 bridgehead atoms. The molecule has 0 aliphatic heterocycles. The fourth-order valence-electron chi connectivity index (χ4n) is 2.80. The van der Waals surface area contributed by atoms with Gasteiger partial charge in [-0.1, -0.05) is 38.7 Å². The molecule has 0 saturated carbocycles. The molecule has 2 heteroatoms. The van der Waals surface area contributed by atoms with Crippen LogP contribution in [0.2, 0.25) is 0 Å². The van der Waals surface area contributed by atoms with Gasteiger partial charge in [-0.25, -0.2) is 0 Å². The molecule has 0 fully saturated rings. The van der Waals surface area contributed by atoms with Crippen LogP contribution >= 0.6 is 0 Å². The van der Waals surface area contributed by atoms with Gasteiger partial charge in [0, 0.05) is 17.8 Å². The first kappa shape index (κ1) is 12.6. The molecule has 0 saturated heterocycles. The number of aliphatic hydroxyl groups is 1. The molecule has 0 aromatic carbocycles. The van der Waals surface area contributed by atoms with Crippen molar-refractivity contribution >= 4 is 0 Å². The van der Waals surface area contributed by atoms with Crippen LogP contribution in [0.3, 0.4) is 0 Å². The summed E-state index contributed by atoms with van der Waals surface area (Å²) >= 11 is 0. The number of pyridine rings is 1. The highest BCUT2D eigenvalue weighted by atomic mass is 16.3. The van der Waals surface area contributed by atoms with E-state index in [0.717, 1.165) is 31.4 Å². The van der Waals surface area contributed by atoms with Crippen LogP contribution in [0.1, 0.15) is 62.6 Å². The lowest BCUT2D eigenvalue weighted by Gasteiger charge is -2.18. The fourth-order valence-corrected chi connectivity index (χ4v) is 2.80. The lowest BCUT2D eigenvalue weighted by molar-refractivity contribution is 0.128. The topological polar surface area (TPSA) is 33.1 Å². The second kappa shape index (κ2) is 6.15. The van der Waals surface area contributed by atoms with E-state index >= 15 is 0 Å². The van der Waals surface area contributed by atoms with Gasteiger partial charge in [0.05, 0.1) is 6.10 Å². The highest BCUT2D eigenvalue weighted by Gasteiger charge is 2.29. The molecule has 17 heavy (non-hydrogen) atoms. The maximum atomic E-state index is 10.3. The SMILES string of the molecule is CCCCCCC(O)C1CCc2cccnc21. The van der Waals surface area contributed by atoms with Crippen molar-refractivity contribution in [2.45, 2.75) is 63.9 Å². The van der Waals surface area contributed by atoms with Crippen molar-refractivity contribution in [3.8, 4) is 0 Å². The monoisotopic (exact) mass is 233 g/mol. The van der Waals surface area contributed by atoms with Crippen LogP contribution in [0.5, 0.6) is 0 Å². The Morgan fingerprint density at radius 2 is 2.29 bits per heavy atom. The van der Waals surface area contributed by atoms with Crippen molar-refractivity contribution in [2.75, 3.05) is 0 Å². The zero-order valence-corrected chi connectivity index (χ0v) is 10.7. The largest absolute Gasteiger partial charge is 0.392 e. The summed E-state index contributed by atoms with van der Waals surface area (Å²) in [6.45, 7) is 2.22. The van der Waals surface area contributed by atoms with Crippen molar-refractivity contribution in [2.24, 2.45) is 0 Å². The number of fused-ring (bicyclic) bond motifs is 1. The predicted molar refractivity (Wildman–Crippen MR) is 70.1 cm³/mol. The summed E-state index contributed by atoms with van der Waals surface area (Å²) in [6.07, 6.45) is 9.67. The average Bonchev–Trinajstić information content (AvgIpc) is 2.78. The average molecular weight is 233 g/mol. The van der Waals surface area contributed by atoms with Gasteiger partial charge >= 0.3 is 0 Å². The Kier molecular flexibility index (Phi) is 4.55. The molecule has 0 radical (unpaired) electrons. The van der Waals surface area contributed by atoms with E-state index < -0.39 is 0 Å². The second-order valence-electron chi connectivity index (χ2n) is 5.11. The maximum Gasteiger partial charge on any atom is 0.0624 e. The molecule has 1 aromatic rings. The smallest absolute Gasteiger partial charge is 0.0624 e. The molecule has 2 atom stereocenters. The first-order valence-electron chi connectivity index (χ1n) is 6.94. The van der Waals surface area contributed by atoms with Gasteiger partial charge in [-0.05, 0) is 30.9 Å². The second-order valence-corrected chi connectivity index (χ2v) is 5.11. The van der Waals surface area contributed by atoms with Gasteiger partial charge in [-0.15, -0.1) is 0 Å². The lowest BCUT2D eigenvalue weighted by atomic mass is 9.95. The van der Waals surface area contributed by atoms with Crippen molar-refractivity contribution in [1.29, 1.82) is 0 Å². The van der Waals surface area contributed by atoms with E-state index in [9.17, 15) is 5.11 Å². The van der Waals surface area contributed by atoms with Crippen LogP contribution in [-0.2, 0) is 6.42 Å². The van der Waals surface area contributed by atoms with E-state index in [2.05, 4.69) is 18.0 Å². The number of rotatable bonds is 6. The number of aliphatic hydroxyl groups excluding tert-OH is 1. The fraction of sp³-hybridized carbons (Fsp3) is 0.667. The predicted octanol–water partition coefficient (Wildman–Crippen LogP) is 3.44. The minimum Gasteiger partial charge on any atom is -0.392 e. The van der Waals surface area contributed by atoms with Gasteiger partial charge in [0.15, 0.2) is 0 Å². The Bertz CT molecular complexity index is 351. The first-order chi connectivity index (χ1) is 8.33. The molecular weight excluding hydrogens is 210 g/mol. The molecule has 2 rings (SSSR count). The van der Waals surface area contributed by atoms with Crippen molar-refractivity contribution in [1.82, 2.24) is 4.98 Å². The Balaban J connectivity index is 1.87. The van der Waals surface area contributed by atoms with Crippen LogP contribution < -0.4 is 0 Å². The minimum absolute atomic E-state index is 0.192. The van der Waals surface area contributed by atoms with Gasteiger partial charge in [0.2, 0.25) is 0 Å². The van der Waals surface area contributed by atoms with E-state index in [1.165, 1.54) is 24.8 Å². The molecule has 0 spiro atoms. The third-order valence-corrected chi connectivity index (χ3v) is 3.82. The Morgan fingerprint density at radius 1 is 1.41 bits per heavy atom. The highest BCUT2D eigenvalue weighted by molar-refractivity contribution is 5.29. The summed E-state index contributed by atoms with van der Waals surface area (Å²) in [5.74, 6) is 0.285. The van der Waals surface area contributed by atoms with E-state index in [4.69, 9.17) is 0 Å². The quantitative estimate of drug-likeness (QED) is 0.763. The van der Waals surface area contributed by atoms with Crippen LogP contribution in [0.15, 0.2) is 18.3 Å². The first-order valence-corrected chi connectivity index (χ1v) is 6.94. The van der Waals surface area contributed by atoms with Gasteiger partial charge in [0.1, 0.15) is 0 Å². The number of aryl methyl sites for hydroxylation is 1. The summed E-state index contributed by atoms with van der Waals surface area (Å²) in [7, 11) is 0. The number of unbranched alkanes of at least 4 members (excludes halogenated alkanes) is 3. The molecular formula is C15H23NO. The van der Waals surface area contributed by atoms with Gasteiger partial charge < -0.3 is 5.11 Å². The van der Waals surface area contributed by atoms with Gasteiger partial charge in [-0.2, -0.15) is 0 Å². The molecule has 94 valence electrons. The lowest BCUT2D eigenvalue weighted by Crippen LogP contribution is -2.17. The van der Waals surface area contributed by atoms with Crippen molar-refractivity contribution < 1.29 is 5.11 Å². The summed E-state index contributed by atoms with van der Waals surface area (Å²) in [5, 5.41) is 10.3. The van der Waals surface area contributed by atoms with Crippen LogP contribution in [0, 0.1) is 0 Å². The molecule has 0 amide bonds. The number of aromatic nitrogens is 1.